The number of nitrogens with zero attached hydrogens (tertiary/aromatic N) is 3. The minimum atomic E-state index is 0.0878. The lowest BCUT2D eigenvalue weighted by Gasteiger charge is -2.21. The van der Waals surface area contributed by atoms with Gasteiger partial charge >= 0.3 is 0 Å². The van der Waals surface area contributed by atoms with Gasteiger partial charge in [-0.3, -0.25) is 4.90 Å². The molecule has 0 N–H and O–H groups in total. The standard InChI is InChI=1S/C18H23N3O/c1-21(13-15-7-3-2-4-8-15)14-16-11-19-18(20-12-16)17-9-5-6-10-22-17/h2-4,7-8,11-12,17H,5-6,9-10,13-14H2,1H3/t17-/m0/s1. The molecule has 116 valence electrons. The van der Waals surface area contributed by atoms with E-state index in [4.69, 9.17) is 4.74 Å². The van der Waals surface area contributed by atoms with Crippen LogP contribution in [0.25, 0.3) is 0 Å². The number of rotatable bonds is 5. The summed E-state index contributed by atoms with van der Waals surface area (Å²) in [7, 11) is 2.12. The number of benzene rings is 1. The van der Waals surface area contributed by atoms with E-state index in [0.29, 0.717) is 0 Å². The molecule has 2 heterocycles. The Labute approximate surface area is 132 Å². The van der Waals surface area contributed by atoms with Crippen LogP contribution in [0, 0.1) is 0 Å². The molecule has 0 amide bonds. The second-order valence-electron chi connectivity index (χ2n) is 5.96. The molecule has 1 aromatic carbocycles. The summed E-state index contributed by atoms with van der Waals surface area (Å²) >= 11 is 0. The van der Waals surface area contributed by atoms with E-state index in [1.807, 2.05) is 18.5 Å². The zero-order valence-corrected chi connectivity index (χ0v) is 13.1. The lowest BCUT2D eigenvalue weighted by molar-refractivity contribution is 0.00938. The minimum Gasteiger partial charge on any atom is -0.370 e. The molecule has 2 aromatic rings. The third-order valence-electron chi connectivity index (χ3n) is 3.94. The third-order valence-corrected chi connectivity index (χ3v) is 3.94. The molecule has 0 aliphatic carbocycles. The highest BCUT2D eigenvalue weighted by atomic mass is 16.5. The van der Waals surface area contributed by atoms with Crippen LogP contribution in [0.4, 0.5) is 0 Å². The first-order chi connectivity index (χ1) is 10.8. The van der Waals surface area contributed by atoms with Gasteiger partial charge in [0, 0.05) is 37.7 Å². The summed E-state index contributed by atoms with van der Waals surface area (Å²) in [5.41, 5.74) is 2.45. The van der Waals surface area contributed by atoms with E-state index in [0.717, 1.165) is 43.9 Å². The van der Waals surface area contributed by atoms with E-state index in [1.54, 1.807) is 0 Å². The number of hydrogen-bond acceptors (Lipinski definition) is 4. The summed E-state index contributed by atoms with van der Waals surface area (Å²) in [6.45, 7) is 2.60. The summed E-state index contributed by atoms with van der Waals surface area (Å²) in [4.78, 5) is 11.3. The van der Waals surface area contributed by atoms with Gasteiger partial charge in [-0.1, -0.05) is 30.3 Å². The molecule has 1 aliphatic rings. The first kappa shape index (κ1) is 15.1. The van der Waals surface area contributed by atoms with Gasteiger partial charge in [0.25, 0.3) is 0 Å². The average Bonchev–Trinajstić information content (AvgIpc) is 2.57. The van der Waals surface area contributed by atoms with Gasteiger partial charge in [-0.15, -0.1) is 0 Å². The molecule has 0 radical (unpaired) electrons. The van der Waals surface area contributed by atoms with Gasteiger partial charge in [0.05, 0.1) is 0 Å². The van der Waals surface area contributed by atoms with Crippen LogP contribution in [0.5, 0.6) is 0 Å². The topological polar surface area (TPSA) is 38.2 Å². The number of aromatic nitrogens is 2. The van der Waals surface area contributed by atoms with Crippen molar-refractivity contribution in [1.82, 2.24) is 14.9 Å². The van der Waals surface area contributed by atoms with E-state index in [1.165, 1.54) is 12.0 Å². The molecular weight excluding hydrogens is 274 g/mol. The van der Waals surface area contributed by atoms with Crippen molar-refractivity contribution in [2.75, 3.05) is 13.7 Å². The first-order valence-corrected chi connectivity index (χ1v) is 7.96. The van der Waals surface area contributed by atoms with Crippen LogP contribution < -0.4 is 0 Å². The lowest BCUT2D eigenvalue weighted by Crippen LogP contribution is -2.18. The van der Waals surface area contributed by atoms with Crippen molar-refractivity contribution < 1.29 is 4.74 Å². The molecule has 0 bridgehead atoms. The Hall–Kier alpha value is -1.78. The molecule has 3 rings (SSSR count). The van der Waals surface area contributed by atoms with E-state index in [-0.39, 0.29) is 6.10 Å². The van der Waals surface area contributed by atoms with Crippen molar-refractivity contribution in [3.05, 3.63) is 59.7 Å². The Bertz CT molecular complexity index is 565. The summed E-state index contributed by atoms with van der Waals surface area (Å²) in [6.07, 6.45) is 7.34. The van der Waals surface area contributed by atoms with Crippen molar-refractivity contribution in [3.63, 3.8) is 0 Å². The molecule has 0 spiro atoms. The Kier molecular flexibility index (Phi) is 5.14. The maximum Gasteiger partial charge on any atom is 0.157 e. The summed E-state index contributed by atoms with van der Waals surface area (Å²) in [5, 5.41) is 0. The van der Waals surface area contributed by atoms with E-state index < -0.39 is 0 Å². The lowest BCUT2D eigenvalue weighted by atomic mass is 10.1. The zero-order chi connectivity index (χ0) is 15.2. The van der Waals surface area contributed by atoms with Crippen LogP contribution in [0.3, 0.4) is 0 Å². The normalized spacial score (nSPS) is 18.5. The van der Waals surface area contributed by atoms with Crippen LogP contribution in [0.1, 0.15) is 42.3 Å². The first-order valence-electron chi connectivity index (χ1n) is 7.96. The molecule has 1 atom stereocenters. The molecule has 0 saturated carbocycles. The predicted molar refractivity (Wildman–Crippen MR) is 86.2 cm³/mol. The maximum absolute atomic E-state index is 5.73. The van der Waals surface area contributed by atoms with Crippen molar-refractivity contribution in [1.29, 1.82) is 0 Å². The highest BCUT2D eigenvalue weighted by molar-refractivity contribution is 5.15. The smallest absolute Gasteiger partial charge is 0.157 e. The van der Waals surface area contributed by atoms with Gasteiger partial charge in [-0.25, -0.2) is 9.97 Å². The number of ether oxygens (including phenoxy) is 1. The molecule has 4 heteroatoms. The summed E-state index contributed by atoms with van der Waals surface area (Å²) in [6, 6.07) is 10.5. The fourth-order valence-corrected chi connectivity index (χ4v) is 2.82. The van der Waals surface area contributed by atoms with Gasteiger partial charge in [0.1, 0.15) is 6.10 Å². The van der Waals surface area contributed by atoms with Gasteiger partial charge in [0.2, 0.25) is 0 Å². The maximum atomic E-state index is 5.73. The zero-order valence-electron chi connectivity index (χ0n) is 13.1. The van der Waals surface area contributed by atoms with Crippen molar-refractivity contribution in [2.45, 2.75) is 38.5 Å². The molecule has 1 fully saturated rings. The van der Waals surface area contributed by atoms with E-state index >= 15 is 0 Å². The predicted octanol–water partition coefficient (Wildman–Crippen LogP) is 3.35. The molecule has 1 aromatic heterocycles. The fourth-order valence-electron chi connectivity index (χ4n) is 2.82. The Morgan fingerprint density at radius 1 is 1.05 bits per heavy atom. The van der Waals surface area contributed by atoms with E-state index in [9.17, 15) is 0 Å². The van der Waals surface area contributed by atoms with Gasteiger partial charge in [0.15, 0.2) is 5.82 Å². The van der Waals surface area contributed by atoms with Crippen molar-refractivity contribution >= 4 is 0 Å². The van der Waals surface area contributed by atoms with E-state index in [2.05, 4.69) is 46.2 Å². The molecule has 22 heavy (non-hydrogen) atoms. The second kappa shape index (κ2) is 7.47. The minimum absolute atomic E-state index is 0.0878. The second-order valence-corrected chi connectivity index (χ2v) is 5.96. The van der Waals surface area contributed by atoms with Crippen LogP contribution in [0.2, 0.25) is 0 Å². The Morgan fingerprint density at radius 3 is 2.45 bits per heavy atom. The van der Waals surface area contributed by atoms with Crippen molar-refractivity contribution in [3.8, 4) is 0 Å². The van der Waals surface area contributed by atoms with Crippen LogP contribution in [0.15, 0.2) is 42.7 Å². The molecular formula is C18H23N3O. The average molecular weight is 297 g/mol. The summed E-state index contributed by atoms with van der Waals surface area (Å²) in [5.74, 6) is 0.828. The van der Waals surface area contributed by atoms with Crippen molar-refractivity contribution in [2.24, 2.45) is 0 Å². The van der Waals surface area contributed by atoms with Gasteiger partial charge in [-0.05, 0) is 31.9 Å². The SMILES string of the molecule is CN(Cc1ccccc1)Cc1cnc([C@@H]2CCCCO2)nc1. The highest BCUT2D eigenvalue weighted by Gasteiger charge is 2.18. The molecule has 1 aliphatic heterocycles. The summed E-state index contributed by atoms with van der Waals surface area (Å²) < 4.78 is 5.73. The quantitative estimate of drug-likeness (QED) is 0.848. The molecule has 1 saturated heterocycles. The molecule has 4 nitrogen and oxygen atoms in total. The highest BCUT2D eigenvalue weighted by Crippen LogP contribution is 2.24. The van der Waals surface area contributed by atoms with Crippen LogP contribution in [-0.4, -0.2) is 28.5 Å². The fraction of sp³-hybridized carbons (Fsp3) is 0.444. The van der Waals surface area contributed by atoms with Crippen LogP contribution in [-0.2, 0) is 17.8 Å². The largest absolute Gasteiger partial charge is 0.370 e. The monoisotopic (exact) mass is 297 g/mol. The Balaban J connectivity index is 1.56. The number of hydrogen-bond donors (Lipinski definition) is 0. The van der Waals surface area contributed by atoms with Crippen LogP contribution >= 0.6 is 0 Å². The molecule has 0 unspecified atom stereocenters. The Morgan fingerprint density at radius 2 is 1.77 bits per heavy atom. The van der Waals surface area contributed by atoms with Gasteiger partial charge < -0.3 is 4.74 Å². The van der Waals surface area contributed by atoms with Gasteiger partial charge in [-0.2, -0.15) is 0 Å². The third kappa shape index (κ3) is 4.12.